The minimum absolute atomic E-state index is 0.00738. The summed E-state index contributed by atoms with van der Waals surface area (Å²) in [6, 6.07) is 15.9. The molecular weight excluding hydrogens is 355 g/mol. The van der Waals surface area contributed by atoms with Crippen molar-refractivity contribution in [3.63, 3.8) is 0 Å². The van der Waals surface area contributed by atoms with Crippen molar-refractivity contribution < 1.29 is 9.50 Å². The zero-order chi connectivity index (χ0) is 15.0. The molecule has 0 fully saturated rings. The van der Waals surface area contributed by atoms with Gasteiger partial charge in [-0.25, -0.2) is 4.39 Å². The highest BCUT2D eigenvalue weighted by atomic mass is 79.9. The van der Waals surface area contributed by atoms with Crippen LogP contribution in [0.15, 0.2) is 59.1 Å². The number of fused-ring (bicyclic) bond motifs is 1. The van der Waals surface area contributed by atoms with E-state index >= 15 is 0 Å². The minimum atomic E-state index is -1.07. The van der Waals surface area contributed by atoms with Gasteiger partial charge >= 0.3 is 0 Å². The highest BCUT2D eigenvalue weighted by Gasteiger charge is 2.19. The van der Waals surface area contributed by atoms with Crippen molar-refractivity contribution in [1.82, 2.24) is 0 Å². The van der Waals surface area contributed by atoms with Crippen LogP contribution in [0.4, 0.5) is 4.39 Å². The molecule has 0 aliphatic heterocycles. The fourth-order valence-corrected chi connectivity index (χ4v) is 3.08. The van der Waals surface area contributed by atoms with Crippen LogP contribution in [0.1, 0.15) is 17.2 Å². The molecule has 4 heteroatoms. The zero-order valence-corrected chi connectivity index (χ0v) is 13.2. The van der Waals surface area contributed by atoms with E-state index in [4.69, 9.17) is 11.6 Å². The monoisotopic (exact) mass is 364 g/mol. The molecule has 3 aromatic rings. The van der Waals surface area contributed by atoms with Crippen molar-refractivity contribution in [3.05, 3.63) is 81.0 Å². The molecule has 1 N–H and O–H groups in total. The van der Waals surface area contributed by atoms with E-state index in [2.05, 4.69) is 15.9 Å². The van der Waals surface area contributed by atoms with Gasteiger partial charge in [-0.05, 0) is 28.5 Å². The Morgan fingerprint density at radius 2 is 1.62 bits per heavy atom. The Bertz CT molecular complexity index is 819. The van der Waals surface area contributed by atoms with E-state index in [9.17, 15) is 9.50 Å². The Balaban J connectivity index is 2.21. The van der Waals surface area contributed by atoms with Gasteiger partial charge in [-0.1, -0.05) is 70.0 Å². The van der Waals surface area contributed by atoms with E-state index < -0.39 is 11.9 Å². The largest absolute Gasteiger partial charge is 0.384 e. The van der Waals surface area contributed by atoms with Crippen molar-refractivity contribution in [2.45, 2.75) is 6.10 Å². The van der Waals surface area contributed by atoms with Crippen LogP contribution in [0.5, 0.6) is 0 Å². The summed E-state index contributed by atoms with van der Waals surface area (Å²) in [4.78, 5) is 0. The molecule has 0 radical (unpaired) electrons. The molecule has 1 unspecified atom stereocenters. The summed E-state index contributed by atoms with van der Waals surface area (Å²) in [5.41, 5.74) is 0.824. The van der Waals surface area contributed by atoms with E-state index in [1.807, 2.05) is 30.3 Å². The molecule has 0 saturated carbocycles. The summed E-state index contributed by atoms with van der Waals surface area (Å²) >= 11 is 9.28. The number of hydrogen-bond acceptors (Lipinski definition) is 1. The van der Waals surface area contributed by atoms with E-state index in [0.29, 0.717) is 5.56 Å². The average molecular weight is 366 g/mol. The number of rotatable bonds is 2. The van der Waals surface area contributed by atoms with E-state index in [1.165, 1.54) is 6.07 Å². The fourth-order valence-electron chi connectivity index (χ4n) is 2.42. The highest BCUT2D eigenvalue weighted by Crippen LogP contribution is 2.34. The smallest absolute Gasteiger partial charge is 0.147 e. The maximum Gasteiger partial charge on any atom is 0.147 e. The third kappa shape index (κ3) is 2.57. The summed E-state index contributed by atoms with van der Waals surface area (Å²) in [5.74, 6) is -0.585. The Hall–Kier alpha value is -1.42. The van der Waals surface area contributed by atoms with Crippen LogP contribution in [0, 0.1) is 5.82 Å². The van der Waals surface area contributed by atoms with E-state index in [-0.39, 0.29) is 10.6 Å². The van der Waals surface area contributed by atoms with Crippen LogP contribution < -0.4 is 0 Å². The fraction of sp³-hybridized carbons (Fsp3) is 0.0588. The second kappa shape index (κ2) is 5.76. The molecule has 0 amide bonds. The second-order valence-electron chi connectivity index (χ2n) is 4.73. The molecular formula is C17H11BrClFO. The molecule has 0 aliphatic rings. The van der Waals surface area contributed by atoms with E-state index in [0.717, 1.165) is 15.2 Å². The van der Waals surface area contributed by atoms with Crippen molar-refractivity contribution in [1.29, 1.82) is 0 Å². The van der Waals surface area contributed by atoms with Crippen LogP contribution in [0.25, 0.3) is 10.8 Å². The maximum absolute atomic E-state index is 14.1. The normalized spacial score (nSPS) is 12.6. The number of hydrogen-bond donors (Lipinski definition) is 1. The molecule has 0 bridgehead atoms. The van der Waals surface area contributed by atoms with Gasteiger partial charge in [-0.15, -0.1) is 0 Å². The van der Waals surface area contributed by atoms with Crippen LogP contribution in [-0.4, -0.2) is 5.11 Å². The number of aliphatic hydroxyl groups excluding tert-OH is 1. The summed E-state index contributed by atoms with van der Waals surface area (Å²) in [6.45, 7) is 0. The predicted molar refractivity (Wildman–Crippen MR) is 87.1 cm³/mol. The molecule has 106 valence electrons. The van der Waals surface area contributed by atoms with Gasteiger partial charge in [0.05, 0.1) is 5.02 Å². The van der Waals surface area contributed by atoms with Crippen LogP contribution in [-0.2, 0) is 0 Å². The van der Waals surface area contributed by atoms with Crippen LogP contribution in [0.2, 0.25) is 5.02 Å². The van der Waals surface area contributed by atoms with Crippen LogP contribution in [0.3, 0.4) is 0 Å². The molecule has 0 saturated heterocycles. The molecule has 3 aromatic carbocycles. The molecule has 3 rings (SSSR count). The van der Waals surface area contributed by atoms with Gasteiger partial charge in [-0.2, -0.15) is 0 Å². The van der Waals surface area contributed by atoms with Crippen molar-refractivity contribution in [2.75, 3.05) is 0 Å². The molecule has 1 nitrogen and oxygen atoms in total. The molecule has 21 heavy (non-hydrogen) atoms. The lowest BCUT2D eigenvalue weighted by Gasteiger charge is -2.16. The number of aliphatic hydroxyl groups is 1. The number of benzene rings is 3. The third-order valence-electron chi connectivity index (χ3n) is 3.48. The molecule has 0 aliphatic carbocycles. The van der Waals surface area contributed by atoms with Crippen molar-refractivity contribution >= 4 is 38.3 Å². The lowest BCUT2D eigenvalue weighted by Crippen LogP contribution is -2.04. The number of halogens is 3. The minimum Gasteiger partial charge on any atom is -0.384 e. The quantitative estimate of drug-likeness (QED) is 0.638. The summed E-state index contributed by atoms with van der Waals surface area (Å²) < 4.78 is 15.0. The van der Waals surface area contributed by atoms with E-state index in [1.54, 1.807) is 18.2 Å². The van der Waals surface area contributed by atoms with Gasteiger partial charge in [0.15, 0.2) is 0 Å². The lowest BCUT2D eigenvalue weighted by atomic mass is 9.95. The first-order valence-corrected chi connectivity index (χ1v) is 7.56. The topological polar surface area (TPSA) is 20.2 Å². The Kier molecular flexibility index (Phi) is 3.98. The van der Waals surface area contributed by atoms with Gasteiger partial charge < -0.3 is 5.11 Å². The lowest BCUT2D eigenvalue weighted by molar-refractivity contribution is 0.216. The van der Waals surface area contributed by atoms with Gasteiger partial charge in [0.1, 0.15) is 11.9 Å². The van der Waals surface area contributed by atoms with Gasteiger partial charge in [0.2, 0.25) is 0 Å². The first-order valence-electron chi connectivity index (χ1n) is 6.38. The predicted octanol–water partition coefficient (Wildman–Crippen LogP) is 5.48. The summed E-state index contributed by atoms with van der Waals surface area (Å²) in [7, 11) is 0. The first-order chi connectivity index (χ1) is 10.1. The highest BCUT2D eigenvalue weighted by molar-refractivity contribution is 9.10. The van der Waals surface area contributed by atoms with Crippen molar-refractivity contribution in [3.8, 4) is 0 Å². The second-order valence-corrected chi connectivity index (χ2v) is 5.99. The molecule has 1 atom stereocenters. The Morgan fingerprint density at radius 1 is 0.905 bits per heavy atom. The first kappa shape index (κ1) is 14.5. The van der Waals surface area contributed by atoms with Crippen LogP contribution >= 0.6 is 27.5 Å². The maximum atomic E-state index is 14.1. The standard InChI is InChI=1S/C17H11BrClFO/c18-14-9-8-12(10-4-1-2-5-11(10)14)17(21)13-6-3-7-15(19)16(13)20/h1-9,17,21H. The third-order valence-corrected chi connectivity index (χ3v) is 4.46. The summed E-state index contributed by atoms with van der Waals surface area (Å²) in [6.07, 6.45) is -1.07. The Morgan fingerprint density at radius 3 is 2.38 bits per heavy atom. The zero-order valence-electron chi connectivity index (χ0n) is 10.9. The van der Waals surface area contributed by atoms with Crippen molar-refractivity contribution in [2.24, 2.45) is 0 Å². The summed E-state index contributed by atoms with van der Waals surface area (Å²) in [5, 5.41) is 12.4. The Labute approximate surface area is 135 Å². The van der Waals surface area contributed by atoms with Gasteiger partial charge in [-0.3, -0.25) is 0 Å². The molecule has 0 aromatic heterocycles. The molecule has 0 heterocycles. The van der Waals surface area contributed by atoms with Gasteiger partial charge in [0, 0.05) is 10.0 Å². The molecule has 0 spiro atoms. The SMILES string of the molecule is OC(c1cccc(Cl)c1F)c1ccc(Br)c2ccccc12. The van der Waals surface area contributed by atoms with Gasteiger partial charge in [0.25, 0.3) is 0 Å². The average Bonchev–Trinajstić information content (AvgIpc) is 2.50.